The molecule has 7 heteroatoms. The second-order valence-electron chi connectivity index (χ2n) is 6.58. The molecule has 27 heavy (non-hydrogen) atoms. The number of benzene rings is 1. The van der Waals surface area contributed by atoms with E-state index in [0.717, 1.165) is 47.3 Å². The van der Waals surface area contributed by atoms with Crippen LogP contribution in [0.15, 0.2) is 42.7 Å². The number of halogens is 1. The van der Waals surface area contributed by atoms with E-state index in [2.05, 4.69) is 14.9 Å². The van der Waals surface area contributed by atoms with Crippen molar-refractivity contribution in [2.24, 2.45) is 5.73 Å². The van der Waals surface area contributed by atoms with Crippen LogP contribution in [-0.4, -0.2) is 28.0 Å². The lowest BCUT2D eigenvalue weighted by Gasteiger charge is -2.25. The van der Waals surface area contributed by atoms with Gasteiger partial charge in [0.25, 0.3) is 0 Å². The van der Waals surface area contributed by atoms with Gasteiger partial charge in [0, 0.05) is 35.2 Å². The third kappa shape index (κ3) is 3.59. The first-order valence-electron chi connectivity index (χ1n) is 8.99. The summed E-state index contributed by atoms with van der Waals surface area (Å²) in [5.41, 5.74) is 16.9. The highest BCUT2D eigenvalue weighted by molar-refractivity contribution is 6.30. The van der Waals surface area contributed by atoms with Crippen molar-refractivity contribution in [3.8, 4) is 11.3 Å². The first-order chi connectivity index (χ1) is 13.2. The van der Waals surface area contributed by atoms with Crippen molar-refractivity contribution in [1.82, 2.24) is 15.0 Å². The van der Waals surface area contributed by atoms with Gasteiger partial charge in [-0.1, -0.05) is 17.7 Å². The van der Waals surface area contributed by atoms with E-state index in [1.807, 2.05) is 42.7 Å². The predicted molar refractivity (Wildman–Crippen MR) is 109 cm³/mol. The molecule has 0 saturated heterocycles. The van der Waals surface area contributed by atoms with E-state index in [-0.39, 0.29) is 0 Å². The largest absolute Gasteiger partial charge is 0.384 e. The van der Waals surface area contributed by atoms with Crippen molar-refractivity contribution >= 4 is 29.1 Å². The van der Waals surface area contributed by atoms with Crippen LogP contribution in [0.4, 0.5) is 17.5 Å². The minimum atomic E-state index is 0.497. The van der Waals surface area contributed by atoms with Gasteiger partial charge in [-0.15, -0.1) is 0 Å². The molecule has 3 aromatic rings. The molecule has 0 fully saturated rings. The van der Waals surface area contributed by atoms with Crippen molar-refractivity contribution in [2.45, 2.75) is 19.3 Å². The summed E-state index contributed by atoms with van der Waals surface area (Å²) >= 11 is 6.20. The van der Waals surface area contributed by atoms with Crippen molar-refractivity contribution in [3.05, 3.63) is 58.9 Å². The van der Waals surface area contributed by atoms with E-state index in [4.69, 9.17) is 28.1 Å². The molecule has 0 aliphatic heterocycles. The molecule has 2 heterocycles. The van der Waals surface area contributed by atoms with E-state index in [0.29, 0.717) is 29.9 Å². The maximum absolute atomic E-state index is 6.20. The topological polar surface area (TPSA) is 94.0 Å². The van der Waals surface area contributed by atoms with Crippen LogP contribution in [0.3, 0.4) is 0 Å². The minimum absolute atomic E-state index is 0.497. The third-order valence-electron chi connectivity index (χ3n) is 4.73. The average molecular weight is 381 g/mol. The van der Waals surface area contributed by atoms with Crippen LogP contribution in [-0.2, 0) is 12.8 Å². The van der Waals surface area contributed by atoms with E-state index in [1.165, 1.54) is 0 Å². The average Bonchev–Trinajstić information content (AvgIpc) is 2.68. The second-order valence-corrected chi connectivity index (χ2v) is 7.02. The number of rotatable bonds is 5. The van der Waals surface area contributed by atoms with Gasteiger partial charge in [-0.05, 0) is 61.2 Å². The molecule has 0 bridgehead atoms. The van der Waals surface area contributed by atoms with Crippen LogP contribution >= 0.6 is 11.6 Å². The van der Waals surface area contributed by atoms with Crippen LogP contribution in [0, 0.1) is 0 Å². The lowest BCUT2D eigenvalue weighted by molar-refractivity contribution is 0.795. The van der Waals surface area contributed by atoms with Gasteiger partial charge in [-0.3, -0.25) is 0 Å². The third-order valence-corrected chi connectivity index (χ3v) is 4.96. The summed E-state index contributed by atoms with van der Waals surface area (Å²) in [5, 5.41) is 0.674. The molecule has 4 rings (SSSR count). The Morgan fingerprint density at radius 3 is 2.70 bits per heavy atom. The Morgan fingerprint density at radius 2 is 1.89 bits per heavy atom. The van der Waals surface area contributed by atoms with Gasteiger partial charge in [0.05, 0.1) is 5.69 Å². The molecule has 6 nitrogen and oxygen atoms in total. The number of anilines is 3. The van der Waals surface area contributed by atoms with Crippen LogP contribution < -0.4 is 16.4 Å². The predicted octanol–water partition coefficient (Wildman–Crippen LogP) is 3.36. The molecule has 1 aromatic carbocycles. The van der Waals surface area contributed by atoms with E-state index in [1.54, 1.807) is 0 Å². The highest BCUT2D eigenvalue weighted by atomic mass is 35.5. The number of hydrogen-bond donors (Lipinski definition) is 2. The number of hydrogen-bond acceptors (Lipinski definition) is 6. The summed E-state index contributed by atoms with van der Waals surface area (Å²) in [7, 11) is 0. The van der Waals surface area contributed by atoms with E-state index in [9.17, 15) is 0 Å². The van der Waals surface area contributed by atoms with Crippen LogP contribution in [0.2, 0.25) is 5.02 Å². The SMILES string of the molecule is NCCCN(c1cccc(Cl)c1)c1ncc2c(n1)-c1cc(N)ncc1CC2. The summed E-state index contributed by atoms with van der Waals surface area (Å²) in [6.45, 7) is 1.30. The summed E-state index contributed by atoms with van der Waals surface area (Å²) < 4.78 is 0. The van der Waals surface area contributed by atoms with E-state index < -0.39 is 0 Å². The quantitative estimate of drug-likeness (QED) is 0.704. The van der Waals surface area contributed by atoms with Crippen molar-refractivity contribution in [2.75, 3.05) is 23.7 Å². The van der Waals surface area contributed by atoms with Crippen LogP contribution in [0.5, 0.6) is 0 Å². The minimum Gasteiger partial charge on any atom is -0.384 e. The number of nitrogens with zero attached hydrogens (tertiary/aromatic N) is 4. The van der Waals surface area contributed by atoms with Gasteiger partial charge >= 0.3 is 0 Å². The Hall–Kier alpha value is -2.70. The molecular weight excluding hydrogens is 360 g/mol. The van der Waals surface area contributed by atoms with Gasteiger partial charge in [0.1, 0.15) is 5.82 Å². The molecule has 0 atom stereocenters. The lowest BCUT2D eigenvalue weighted by atomic mass is 9.91. The summed E-state index contributed by atoms with van der Waals surface area (Å²) in [4.78, 5) is 15.8. The fraction of sp³-hybridized carbons (Fsp3) is 0.250. The molecule has 0 spiro atoms. The second kappa shape index (κ2) is 7.50. The molecule has 0 unspecified atom stereocenters. The molecule has 0 amide bonds. The molecule has 138 valence electrons. The molecule has 1 aliphatic carbocycles. The summed E-state index contributed by atoms with van der Waals surface area (Å²) in [5.74, 6) is 1.13. The Bertz CT molecular complexity index is 974. The Morgan fingerprint density at radius 1 is 1.07 bits per heavy atom. The van der Waals surface area contributed by atoms with Crippen molar-refractivity contribution in [3.63, 3.8) is 0 Å². The van der Waals surface area contributed by atoms with Gasteiger partial charge in [0.15, 0.2) is 0 Å². The standard InChI is InChI=1S/C20H21ClN6/c21-15-3-1-4-16(9-15)27(8-2-7-22)20-25-12-14-6-5-13-11-24-18(23)10-17(13)19(14)26-20/h1,3-4,9-12H,2,5-8,22H2,(H2,23,24). The molecule has 0 saturated carbocycles. The monoisotopic (exact) mass is 380 g/mol. The van der Waals surface area contributed by atoms with Crippen molar-refractivity contribution < 1.29 is 0 Å². The molecule has 2 aromatic heterocycles. The zero-order valence-electron chi connectivity index (χ0n) is 14.9. The highest BCUT2D eigenvalue weighted by Gasteiger charge is 2.21. The fourth-order valence-electron chi connectivity index (χ4n) is 3.37. The number of aromatic nitrogens is 3. The molecule has 4 N–H and O–H groups in total. The number of nitrogen functional groups attached to an aromatic ring is 1. The van der Waals surface area contributed by atoms with Gasteiger partial charge < -0.3 is 16.4 Å². The zero-order chi connectivity index (χ0) is 18.8. The maximum Gasteiger partial charge on any atom is 0.230 e. The van der Waals surface area contributed by atoms with E-state index >= 15 is 0 Å². The van der Waals surface area contributed by atoms with Gasteiger partial charge in [-0.25, -0.2) is 15.0 Å². The Labute approximate surface area is 163 Å². The highest BCUT2D eigenvalue weighted by Crippen LogP contribution is 2.34. The smallest absolute Gasteiger partial charge is 0.230 e. The van der Waals surface area contributed by atoms with Gasteiger partial charge in [0.2, 0.25) is 5.95 Å². The first-order valence-corrected chi connectivity index (χ1v) is 9.37. The van der Waals surface area contributed by atoms with Crippen LogP contribution in [0.1, 0.15) is 17.5 Å². The van der Waals surface area contributed by atoms with Crippen molar-refractivity contribution in [1.29, 1.82) is 0 Å². The Balaban J connectivity index is 1.79. The number of pyridine rings is 1. The number of nitrogens with two attached hydrogens (primary N) is 2. The maximum atomic E-state index is 6.20. The zero-order valence-corrected chi connectivity index (χ0v) is 15.7. The van der Waals surface area contributed by atoms with Crippen LogP contribution in [0.25, 0.3) is 11.3 Å². The lowest BCUT2D eigenvalue weighted by Crippen LogP contribution is -2.23. The first kappa shape index (κ1) is 17.7. The van der Waals surface area contributed by atoms with Gasteiger partial charge in [-0.2, -0.15) is 0 Å². The fourth-order valence-corrected chi connectivity index (χ4v) is 3.56. The number of aryl methyl sites for hydroxylation is 2. The molecule has 0 radical (unpaired) electrons. The number of fused-ring (bicyclic) bond motifs is 3. The summed E-state index contributed by atoms with van der Waals surface area (Å²) in [6, 6.07) is 9.59. The molecule has 1 aliphatic rings. The summed E-state index contributed by atoms with van der Waals surface area (Å²) in [6.07, 6.45) is 6.40. The molecular formula is C20H21ClN6. The normalized spacial score (nSPS) is 12.4. The Kier molecular flexibility index (Phi) is 4.92.